The normalized spacial score (nSPS) is 13.9. The Labute approximate surface area is 190 Å². The van der Waals surface area contributed by atoms with Gasteiger partial charge in [0.05, 0.1) is 10.1 Å². The molecule has 0 radical (unpaired) electrons. The second-order valence-corrected chi connectivity index (χ2v) is 10.8. The van der Waals surface area contributed by atoms with E-state index in [2.05, 4.69) is 0 Å². The summed E-state index contributed by atoms with van der Waals surface area (Å²) in [6.07, 6.45) is 1.68. The van der Waals surface area contributed by atoms with Crippen LogP contribution in [-0.2, 0) is 21.1 Å². The number of benzene rings is 3. The summed E-state index contributed by atoms with van der Waals surface area (Å²) < 4.78 is 27.6. The van der Waals surface area contributed by atoms with Gasteiger partial charge >= 0.3 is 0 Å². The number of aliphatic hydroxyl groups is 1. The summed E-state index contributed by atoms with van der Waals surface area (Å²) >= 11 is 0. The van der Waals surface area contributed by atoms with Crippen molar-refractivity contribution in [3.8, 4) is 0 Å². The van der Waals surface area contributed by atoms with Crippen molar-refractivity contribution < 1.29 is 18.3 Å². The number of Topliss-reactive ketones (excluding diaryl/α,β-unsaturated/α-hetero) is 1. The number of ketones is 1. The van der Waals surface area contributed by atoms with Gasteiger partial charge in [0.1, 0.15) is 6.61 Å². The van der Waals surface area contributed by atoms with Crippen molar-refractivity contribution in [1.29, 1.82) is 0 Å². The molecule has 0 saturated carbocycles. The Bertz CT molecular complexity index is 1170. The highest BCUT2D eigenvalue weighted by atomic mass is 32.2. The number of fused-ring (bicyclic) bond motifs is 1. The van der Waals surface area contributed by atoms with Gasteiger partial charge in [-0.15, -0.1) is 0 Å². The third kappa shape index (κ3) is 5.37. The van der Waals surface area contributed by atoms with Gasteiger partial charge in [0, 0.05) is 11.6 Å². The van der Waals surface area contributed by atoms with E-state index in [1.807, 2.05) is 50.2 Å². The van der Waals surface area contributed by atoms with Crippen LogP contribution in [0.2, 0.25) is 0 Å². The predicted octanol–water partition coefficient (Wildman–Crippen LogP) is 4.42. The van der Waals surface area contributed by atoms with Crippen LogP contribution in [0.4, 0.5) is 5.69 Å². The molecule has 0 heterocycles. The quantitative estimate of drug-likeness (QED) is 0.443. The minimum Gasteiger partial charge on any atom is -0.399 e. The van der Waals surface area contributed by atoms with Crippen molar-refractivity contribution in [3.05, 3.63) is 72.3 Å². The number of hydrogen-bond donors (Lipinski definition) is 2. The summed E-state index contributed by atoms with van der Waals surface area (Å²) in [4.78, 5) is 12.8. The third-order valence-electron chi connectivity index (χ3n) is 6.01. The summed E-state index contributed by atoms with van der Waals surface area (Å²) in [5.74, 6) is -1.43. The molecule has 3 N–H and O–H groups in total. The highest BCUT2D eigenvalue weighted by Gasteiger charge is 2.39. The molecule has 0 saturated heterocycles. The summed E-state index contributed by atoms with van der Waals surface area (Å²) in [6.45, 7) is 3.00. The zero-order valence-electron chi connectivity index (χ0n) is 18.6. The minimum atomic E-state index is -3.83. The van der Waals surface area contributed by atoms with Crippen molar-refractivity contribution in [3.63, 3.8) is 0 Å². The molecule has 0 aliphatic rings. The fourth-order valence-electron chi connectivity index (χ4n) is 4.39. The summed E-state index contributed by atoms with van der Waals surface area (Å²) in [5.41, 5.74) is 7.57. The standard InChI is InChI=1S/C26H31NO4S/c1-18(2)26(24(29)17-28)25(10-6-9-19-7-4-3-5-8-19)32(30,31)23-14-12-20-11-13-22(27)15-21(20)16-23/h3-5,7-8,11-16,18,25-26,28H,6,9-10,17,27H2,1-2H3/t25?,26-/m1/s1. The molecule has 0 aliphatic carbocycles. The first-order valence-electron chi connectivity index (χ1n) is 10.9. The monoisotopic (exact) mass is 453 g/mol. The smallest absolute Gasteiger partial charge is 0.181 e. The number of sulfone groups is 1. The van der Waals surface area contributed by atoms with Crippen molar-refractivity contribution in [2.45, 2.75) is 43.3 Å². The molecule has 1 unspecified atom stereocenters. The number of anilines is 1. The van der Waals surface area contributed by atoms with Crippen LogP contribution in [-0.4, -0.2) is 31.2 Å². The van der Waals surface area contributed by atoms with E-state index in [0.29, 0.717) is 18.5 Å². The van der Waals surface area contributed by atoms with Crippen LogP contribution < -0.4 is 5.73 Å². The SMILES string of the molecule is CC(C)[C@H](C(=O)CO)C(CCCc1ccccc1)S(=O)(=O)c1ccc2ccc(N)cc2c1. The summed E-state index contributed by atoms with van der Waals surface area (Å²) in [5, 5.41) is 10.3. The second kappa shape index (κ2) is 10.3. The van der Waals surface area contributed by atoms with E-state index in [0.717, 1.165) is 22.8 Å². The minimum absolute atomic E-state index is 0.178. The molecule has 32 heavy (non-hydrogen) atoms. The Morgan fingerprint density at radius 1 is 0.969 bits per heavy atom. The predicted molar refractivity (Wildman–Crippen MR) is 129 cm³/mol. The molecule has 6 heteroatoms. The molecular formula is C26H31NO4S. The van der Waals surface area contributed by atoms with Crippen LogP contribution in [0.15, 0.2) is 71.6 Å². The Kier molecular flexibility index (Phi) is 7.69. The molecule has 3 aromatic carbocycles. The average Bonchev–Trinajstić information content (AvgIpc) is 2.78. The number of carbonyl (C=O) groups is 1. The fourth-order valence-corrected chi connectivity index (χ4v) is 6.62. The number of nitrogens with two attached hydrogens (primary N) is 1. The van der Waals surface area contributed by atoms with Crippen LogP contribution in [0, 0.1) is 11.8 Å². The lowest BCUT2D eigenvalue weighted by Crippen LogP contribution is -2.39. The molecule has 3 rings (SSSR count). The molecule has 0 bridgehead atoms. The molecule has 0 amide bonds. The van der Waals surface area contributed by atoms with E-state index in [-0.39, 0.29) is 10.8 Å². The summed E-state index contributed by atoms with van der Waals surface area (Å²) in [6, 6.07) is 20.2. The van der Waals surface area contributed by atoms with Gasteiger partial charge in [-0.25, -0.2) is 8.42 Å². The molecule has 2 atom stereocenters. The van der Waals surface area contributed by atoms with Gasteiger partial charge in [0.2, 0.25) is 0 Å². The van der Waals surface area contributed by atoms with E-state index in [1.54, 1.807) is 30.3 Å². The number of nitrogen functional groups attached to an aromatic ring is 1. The van der Waals surface area contributed by atoms with Gasteiger partial charge in [-0.05, 0) is 65.8 Å². The van der Waals surface area contributed by atoms with Crippen LogP contribution in [0.3, 0.4) is 0 Å². The first kappa shape index (κ1) is 24.0. The Morgan fingerprint density at radius 2 is 1.66 bits per heavy atom. The molecular weight excluding hydrogens is 422 g/mol. The van der Waals surface area contributed by atoms with Gasteiger partial charge in [0.25, 0.3) is 0 Å². The molecule has 5 nitrogen and oxygen atoms in total. The molecule has 0 fully saturated rings. The highest BCUT2D eigenvalue weighted by Crippen LogP contribution is 2.32. The van der Waals surface area contributed by atoms with Crippen LogP contribution in [0.1, 0.15) is 32.3 Å². The van der Waals surface area contributed by atoms with Crippen molar-refractivity contribution in [1.82, 2.24) is 0 Å². The number of aliphatic hydroxyl groups excluding tert-OH is 1. The van der Waals surface area contributed by atoms with Crippen LogP contribution in [0.5, 0.6) is 0 Å². The molecule has 0 aromatic heterocycles. The van der Waals surface area contributed by atoms with Crippen molar-refractivity contribution in [2.75, 3.05) is 12.3 Å². The van der Waals surface area contributed by atoms with Gasteiger partial charge in [0.15, 0.2) is 15.6 Å². The zero-order chi connectivity index (χ0) is 23.3. The molecule has 170 valence electrons. The Hall–Kier alpha value is -2.70. The third-order valence-corrected chi connectivity index (χ3v) is 8.24. The average molecular weight is 454 g/mol. The molecule has 3 aromatic rings. The molecule has 0 spiro atoms. The van der Waals surface area contributed by atoms with Gasteiger partial charge in [-0.3, -0.25) is 4.79 Å². The number of hydrogen-bond acceptors (Lipinski definition) is 5. The number of aryl methyl sites for hydroxylation is 1. The van der Waals surface area contributed by atoms with Crippen molar-refractivity contribution >= 4 is 32.1 Å². The number of carbonyl (C=O) groups excluding carboxylic acids is 1. The summed E-state index contributed by atoms with van der Waals surface area (Å²) in [7, 11) is -3.83. The van der Waals surface area contributed by atoms with Crippen LogP contribution in [0.25, 0.3) is 10.8 Å². The highest BCUT2D eigenvalue weighted by molar-refractivity contribution is 7.92. The Morgan fingerprint density at radius 3 is 2.31 bits per heavy atom. The first-order valence-corrected chi connectivity index (χ1v) is 12.5. The van der Waals surface area contributed by atoms with E-state index < -0.39 is 33.4 Å². The number of rotatable bonds is 10. The maximum atomic E-state index is 13.8. The first-order chi connectivity index (χ1) is 15.2. The largest absolute Gasteiger partial charge is 0.399 e. The lowest BCUT2D eigenvalue weighted by Gasteiger charge is -2.29. The molecule has 0 aliphatic heterocycles. The maximum absolute atomic E-state index is 13.8. The second-order valence-electron chi connectivity index (χ2n) is 8.62. The van der Waals surface area contributed by atoms with Crippen LogP contribution >= 0.6 is 0 Å². The maximum Gasteiger partial charge on any atom is 0.181 e. The van der Waals surface area contributed by atoms with E-state index >= 15 is 0 Å². The van der Waals surface area contributed by atoms with E-state index in [9.17, 15) is 18.3 Å². The van der Waals surface area contributed by atoms with Gasteiger partial charge in [-0.2, -0.15) is 0 Å². The van der Waals surface area contributed by atoms with E-state index in [1.165, 1.54) is 0 Å². The zero-order valence-corrected chi connectivity index (χ0v) is 19.4. The van der Waals surface area contributed by atoms with Crippen molar-refractivity contribution in [2.24, 2.45) is 11.8 Å². The lowest BCUT2D eigenvalue weighted by molar-refractivity contribution is -0.127. The Balaban J connectivity index is 1.98. The topological polar surface area (TPSA) is 97.5 Å². The van der Waals surface area contributed by atoms with Gasteiger partial charge in [-0.1, -0.05) is 56.3 Å². The fraction of sp³-hybridized carbons (Fsp3) is 0.346. The lowest BCUT2D eigenvalue weighted by atomic mass is 9.86. The van der Waals surface area contributed by atoms with Gasteiger partial charge < -0.3 is 10.8 Å². The van der Waals surface area contributed by atoms with E-state index in [4.69, 9.17) is 5.73 Å².